The average Bonchev–Trinajstić information content (AvgIpc) is 2.96. The van der Waals surface area contributed by atoms with Crippen LogP contribution in [0.25, 0.3) is 11.3 Å². The number of likely N-dealkylation sites (tertiary alicyclic amines) is 1. The van der Waals surface area contributed by atoms with Gasteiger partial charge in [-0.05, 0) is 39.8 Å². The minimum atomic E-state index is -0.00663. The van der Waals surface area contributed by atoms with Gasteiger partial charge in [-0.3, -0.25) is 10.1 Å². The zero-order valence-electron chi connectivity index (χ0n) is 14.4. The Kier molecular flexibility index (Phi) is 5.30. The van der Waals surface area contributed by atoms with Gasteiger partial charge in [-0.1, -0.05) is 41.9 Å². The summed E-state index contributed by atoms with van der Waals surface area (Å²) in [5, 5.41) is 6.97. The number of benzene rings is 1. The summed E-state index contributed by atoms with van der Waals surface area (Å²) in [6.45, 7) is 3.05. The number of rotatable bonds is 5. The van der Waals surface area contributed by atoms with Crippen molar-refractivity contribution >= 4 is 11.8 Å². The first-order valence-electron chi connectivity index (χ1n) is 8.67. The number of anilines is 1. The number of amides is 1. The maximum atomic E-state index is 12.2. The van der Waals surface area contributed by atoms with Gasteiger partial charge in [0.25, 0.3) is 0 Å². The van der Waals surface area contributed by atoms with Crippen molar-refractivity contribution in [2.75, 3.05) is 18.9 Å². The summed E-state index contributed by atoms with van der Waals surface area (Å²) in [6, 6.07) is 10.4. The Morgan fingerprint density at radius 2 is 2.12 bits per heavy atom. The lowest BCUT2D eigenvalue weighted by molar-refractivity contribution is -0.116. The van der Waals surface area contributed by atoms with E-state index in [4.69, 9.17) is 4.52 Å². The first-order chi connectivity index (χ1) is 11.6. The highest BCUT2D eigenvalue weighted by Gasteiger charge is 2.21. The van der Waals surface area contributed by atoms with Crippen LogP contribution in [-0.4, -0.2) is 35.6 Å². The van der Waals surface area contributed by atoms with Gasteiger partial charge in [0.15, 0.2) is 0 Å². The normalized spacial score (nSPS) is 18.5. The molecule has 3 rings (SSSR count). The highest BCUT2D eigenvalue weighted by atomic mass is 16.5. The predicted octanol–water partition coefficient (Wildman–Crippen LogP) is 3.85. The monoisotopic (exact) mass is 327 g/mol. The van der Waals surface area contributed by atoms with Gasteiger partial charge in [0.1, 0.15) is 5.69 Å². The van der Waals surface area contributed by atoms with Crippen LogP contribution in [0, 0.1) is 6.92 Å². The molecule has 1 aromatic heterocycles. The van der Waals surface area contributed by atoms with Crippen molar-refractivity contribution in [3.8, 4) is 11.3 Å². The van der Waals surface area contributed by atoms with E-state index in [1.54, 1.807) is 0 Å². The molecule has 0 radical (unpaired) electrons. The zero-order chi connectivity index (χ0) is 16.9. The van der Waals surface area contributed by atoms with Crippen molar-refractivity contribution < 1.29 is 9.32 Å². The summed E-state index contributed by atoms with van der Waals surface area (Å²) in [6.07, 6.45) is 5.11. The van der Waals surface area contributed by atoms with Crippen LogP contribution in [0.5, 0.6) is 0 Å². The lowest BCUT2D eigenvalue weighted by Gasteiger charge is -2.32. The fourth-order valence-electron chi connectivity index (χ4n) is 3.31. The van der Waals surface area contributed by atoms with Crippen LogP contribution < -0.4 is 5.32 Å². The van der Waals surface area contributed by atoms with Crippen LogP contribution in [-0.2, 0) is 4.79 Å². The number of hydrogen-bond acceptors (Lipinski definition) is 4. The van der Waals surface area contributed by atoms with Crippen LogP contribution >= 0.6 is 0 Å². The van der Waals surface area contributed by atoms with Crippen molar-refractivity contribution in [3.63, 3.8) is 0 Å². The summed E-state index contributed by atoms with van der Waals surface area (Å²) < 4.78 is 5.34. The standard InChI is InChI=1S/C19H25N3O2/c1-14-18(15-8-4-3-5-9-15)21-24-19(14)20-17(23)12-11-16-10-6-7-13-22(16)2/h3-5,8-9,16H,6-7,10-13H2,1-2H3,(H,20,23). The minimum absolute atomic E-state index is 0.00663. The minimum Gasteiger partial charge on any atom is -0.338 e. The first kappa shape index (κ1) is 16.7. The maximum Gasteiger partial charge on any atom is 0.234 e. The first-order valence-corrected chi connectivity index (χ1v) is 8.67. The summed E-state index contributed by atoms with van der Waals surface area (Å²) in [7, 11) is 2.15. The van der Waals surface area contributed by atoms with Crippen LogP contribution in [0.1, 0.15) is 37.7 Å². The van der Waals surface area contributed by atoms with Gasteiger partial charge >= 0.3 is 0 Å². The van der Waals surface area contributed by atoms with E-state index in [0.29, 0.717) is 18.3 Å². The lowest BCUT2D eigenvalue weighted by atomic mass is 9.98. The van der Waals surface area contributed by atoms with E-state index in [0.717, 1.165) is 29.8 Å². The second-order valence-corrected chi connectivity index (χ2v) is 6.57. The molecule has 2 heterocycles. The van der Waals surface area contributed by atoms with Gasteiger partial charge in [-0.25, -0.2) is 0 Å². The third-order valence-electron chi connectivity index (χ3n) is 4.85. The number of nitrogens with zero attached hydrogens (tertiary/aromatic N) is 2. The Morgan fingerprint density at radius 3 is 2.88 bits per heavy atom. The highest BCUT2D eigenvalue weighted by molar-refractivity contribution is 5.90. The second kappa shape index (κ2) is 7.62. The average molecular weight is 327 g/mol. The van der Waals surface area contributed by atoms with E-state index >= 15 is 0 Å². The molecule has 24 heavy (non-hydrogen) atoms. The molecule has 1 aromatic carbocycles. The van der Waals surface area contributed by atoms with Crippen molar-refractivity contribution in [2.24, 2.45) is 0 Å². The van der Waals surface area contributed by atoms with Crippen LogP contribution in [0.2, 0.25) is 0 Å². The van der Waals surface area contributed by atoms with E-state index in [1.165, 1.54) is 19.3 Å². The molecule has 1 aliphatic heterocycles. The summed E-state index contributed by atoms with van der Waals surface area (Å²) in [5.74, 6) is 0.448. The maximum absolute atomic E-state index is 12.2. The molecule has 1 amide bonds. The number of aromatic nitrogens is 1. The molecular weight excluding hydrogens is 302 g/mol. The number of hydrogen-bond donors (Lipinski definition) is 1. The number of piperidine rings is 1. The SMILES string of the molecule is Cc1c(-c2ccccc2)noc1NC(=O)CCC1CCCCN1C. The molecule has 5 heteroatoms. The molecule has 1 saturated heterocycles. The van der Waals surface area contributed by atoms with Gasteiger partial charge in [-0.15, -0.1) is 0 Å². The molecule has 1 unspecified atom stereocenters. The number of nitrogens with one attached hydrogen (secondary N) is 1. The van der Waals surface area contributed by atoms with Gasteiger partial charge in [0, 0.05) is 23.6 Å². The van der Waals surface area contributed by atoms with Crippen molar-refractivity contribution in [1.82, 2.24) is 10.1 Å². The summed E-state index contributed by atoms with van der Waals surface area (Å²) in [5.41, 5.74) is 2.63. The van der Waals surface area contributed by atoms with Gasteiger partial charge in [0.05, 0.1) is 0 Å². The fraction of sp³-hybridized carbons (Fsp3) is 0.474. The molecule has 0 bridgehead atoms. The van der Waals surface area contributed by atoms with E-state index < -0.39 is 0 Å². The molecule has 128 valence electrons. The Bertz CT molecular complexity index is 681. The molecule has 1 atom stereocenters. The summed E-state index contributed by atoms with van der Waals surface area (Å²) >= 11 is 0. The van der Waals surface area contributed by atoms with E-state index in [1.807, 2.05) is 37.3 Å². The Hall–Kier alpha value is -2.14. The van der Waals surface area contributed by atoms with Crippen molar-refractivity contribution in [1.29, 1.82) is 0 Å². The van der Waals surface area contributed by atoms with Crippen molar-refractivity contribution in [2.45, 2.75) is 45.1 Å². The predicted molar refractivity (Wildman–Crippen MR) is 94.8 cm³/mol. The third-order valence-corrected chi connectivity index (χ3v) is 4.85. The van der Waals surface area contributed by atoms with Gasteiger partial charge < -0.3 is 9.42 Å². The molecule has 5 nitrogen and oxygen atoms in total. The smallest absolute Gasteiger partial charge is 0.234 e. The molecule has 1 N–H and O–H groups in total. The zero-order valence-corrected chi connectivity index (χ0v) is 14.4. The molecule has 0 spiro atoms. The quantitative estimate of drug-likeness (QED) is 0.906. The van der Waals surface area contributed by atoms with Gasteiger partial charge in [0.2, 0.25) is 11.8 Å². The topological polar surface area (TPSA) is 58.4 Å². The van der Waals surface area contributed by atoms with Crippen molar-refractivity contribution in [3.05, 3.63) is 35.9 Å². The fourth-order valence-corrected chi connectivity index (χ4v) is 3.31. The van der Waals surface area contributed by atoms with E-state index in [9.17, 15) is 4.79 Å². The van der Waals surface area contributed by atoms with Crippen LogP contribution in [0.3, 0.4) is 0 Å². The Balaban J connectivity index is 1.58. The molecular formula is C19H25N3O2. The molecule has 1 aliphatic rings. The van der Waals surface area contributed by atoms with Crippen LogP contribution in [0.4, 0.5) is 5.88 Å². The summed E-state index contributed by atoms with van der Waals surface area (Å²) in [4.78, 5) is 14.6. The molecule has 0 aliphatic carbocycles. The highest BCUT2D eigenvalue weighted by Crippen LogP contribution is 2.28. The largest absolute Gasteiger partial charge is 0.338 e. The Labute approximate surface area is 143 Å². The van der Waals surface area contributed by atoms with E-state index in [-0.39, 0.29) is 5.91 Å². The number of carbonyl (C=O) groups is 1. The van der Waals surface area contributed by atoms with Crippen LogP contribution in [0.15, 0.2) is 34.9 Å². The Morgan fingerprint density at radius 1 is 1.33 bits per heavy atom. The molecule has 0 saturated carbocycles. The second-order valence-electron chi connectivity index (χ2n) is 6.57. The third kappa shape index (κ3) is 3.85. The van der Waals surface area contributed by atoms with E-state index in [2.05, 4.69) is 22.4 Å². The molecule has 2 aromatic rings. The lowest BCUT2D eigenvalue weighted by Crippen LogP contribution is -2.36. The number of carbonyl (C=O) groups excluding carboxylic acids is 1. The molecule has 1 fully saturated rings. The van der Waals surface area contributed by atoms with Gasteiger partial charge in [-0.2, -0.15) is 0 Å².